The quantitative estimate of drug-likeness (QED) is 0.326. The first kappa shape index (κ1) is 22.9. The Morgan fingerprint density at radius 2 is 1.91 bits per heavy atom. The highest BCUT2D eigenvalue weighted by molar-refractivity contribution is 14.0. The van der Waals surface area contributed by atoms with Gasteiger partial charge in [0.1, 0.15) is 9.84 Å². The van der Waals surface area contributed by atoms with Gasteiger partial charge in [-0.05, 0) is 46.2 Å². The molecule has 23 heavy (non-hydrogen) atoms. The number of likely N-dealkylation sites (tertiary alicyclic amines) is 1. The van der Waals surface area contributed by atoms with Gasteiger partial charge in [-0.15, -0.1) is 24.0 Å². The molecule has 1 rings (SSSR count). The third kappa shape index (κ3) is 12.0. The van der Waals surface area contributed by atoms with E-state index < -0.39 is 9.84 Å². The fourth-order valence-corrected chi connectivity index (χ4v) is 3.28. The first-order valence-electron chi connectivity index (χ1n) is 8.35. The topological polar surface area (TPSA) is 73.8 Å². The Kier molecular flexibility index (Phi) is 12.2. The van der Waals surface area contributed by atoms with E-state index in [2.05, 4.69) is 20.5 Å². The van der Waals surface area contributed by atoms with Gasteiger partial charge in [-0.1, -0.05) is 6.42 Å². The van der Waals surface area contributed by atoms with E-state index in [0.29, 0.717) is 6.42 Å². The Labute approximate surface area is 158 Å². The molecule has 6 nitrogen and oxygen atoms in total. The highest BCUT2D eigenvalue weighted by Crippen LogP contribution is 2.07. The van der Waals surface area contributed by atoms with Gasteiger partial charge < -0.3 is 15.5 Å². The molecular formula is C15H33IN4O2S. The number of hydrogen-bond donors (Lipinski definition) is 2. The summed E-state index contributed by atoms with van der Waals surface area (Å²) in [5.41, 5.74) is 0. The molecule has 1 atom stereocenters. The van der Waals surface area contributed by atoms with E-state index in [4.69, 9.17) is 0 Å². The molecule has 1 aliphatic rings. The van der Waals surface area contributed by atoms with Gasteiger partial charge in [-0.2, -0.15) is 0 Å². The molecule has 0 aromatic carbocycles. The van der Waals surface area contributed by atoms with Crippen molar-refractivity contribution in [2.24, 2.45) is 4.99 Å². The van der Waals surface area contributed by atoms with Gasteiger partial charge in [0.05, 0.1) is 12.3 Å². The second-order valence-electron chi connectivity index (χ2n) is 6.13. The molecule has 0 amide bonds. The number of guanidine groups is 1. The summed E-state index contributed by atoms with van der Waals surface area (Å²) in [7, 11) is -2.91. The van der Waals surface area contributed by atoms with Crippen molar-refractivity contribution in [3.05, 3.63) is 0 Å². The molecule has 0 bridgehead atoms. The van der Waals surface area contributed by atoms with Gasteiger partial charge in [0.25, 0.3) is 0 Å². The maximum atomic E-state index is 11.2. The van der Waals surface area contributed by atoms with Crippen molar-refractivity contribution >= 4 is 39.8 Å². The average molecular weight is 460 g/mol. The zero-order chi connectivity index (χ0) is 16.4. The van der Waals surface area contributed by atoms with Gasteiger partial charge in [0, 0.05) is 25.4 Å². The second-order valence-corrected chi connectivity index (χ2v) is 8.39. The maximum absolute atomic E-state index is 11.2. The largest absolute Gasteiger partial charge is 0.357 e. The van der Waals surface area contributed by atoms with E-state index >= 15 is 0 Å². The van der Waals surface area contributed by atoms with E-state index in [1.165, 1.54) is 38.6 Å². The first-order chi connectivity index (χ1) is 10.4. The molecule has 0 aromatic heterocycles. The average Bonchev–Trinajstić information content (AvgIpc) is 2.46. The van der Waals surface area contributed by atoms with Crippen molar-refractivity contribution in [1.82, 2.24) is 15.5 Å². The van der Waals surface area contributed by atoms with Crippen molar-refractivity contribution in [2.75, 3.05) is 44.7 Å². The maximum Gasteiger partial charge on any atom is 0.191 e. The zero-order valence-corrected chi connectivity index (χ0v) is 17.8. The van der Waals surface area contributed by atoms with Crippen LogP contribution >= 0.6 is 24.0 Å². The molecule has 0 aromatic rings. The number of piperidine rings is 1. The lowest BCUT2D eigenvalue weighted by Crippen LogP contribution is -2.43. The van der Waals surface area contributed by atoms with Crippen LogP contribution < -0.4 is 10.6 Å². The van der Waals surface area contributed by atoms with E-state index in [0.717, 1.165) is 25.6 Å². The summed E-state index contributed by atoms with van der Waals surface area (Å²) in [6.07, 6.45) is 5.81. The fraction of sp³-hybridized carbons (Fsp3) is 0.933. The molecule has 0 spiro atoms. The Balaban J connectivity index is 0.00000484. The highest BCUT2D eigenvalue weighted by Gasteiger charge is 2.11. The standard InChI is InChI=1S/C15H32N4O2S.HI/c1-4-16-15(18-14(2)8-13-22(3,20)21)17-9-12-19-10-6-5-7-11-19;/h14H,4-13H2,1-3H3,(H2,16,17,18);1H. The van der Waals surface area contributed by atoms with E-state index in [1.54, 1.807) is 0 Å². The normalized spacial score (nSPS) is 18.1. The molecule has 2 N–H and O–H groups in total. The summed E-state index contributed by atoms with van der Waals surface area (Å²) in [6.45, 7) is 8.96. The van der Waals surface area contributed by atoms with Crippen LogP contribution in [-0.2, 0) is 9.84 Å². The van der Waals surface area contributed by atoms with Crippen molar-refractivity contribution in [2.45, 2.75) is 45.6 Å². The minimum absolute atomic E-state index is 0. The van der Waals surface area contributed by atoms with E-state index in [1.807, 2.05) is 13.8 Å². The predicted molar refractivity (Wildman–Crippen MR) is 109 cm³/mol. The molecule has 1 aliphatic heterocycles. The van der Waals surface area contributed by atoms with Gasteiger partial charge in [-0.25, -0.2) is 8.42 Å². The molecular weight excluding hydrogens is 427 g/mol. The smallest absolute Gasteiger partial charge is 0.191 e. The number of rotatable bonds is 8. The monoisotopic (exact) mass is 460 g/mol. The molecule has 1 heterocycles. The minimum atomic E-state index is -2.91. The third-order valence-electron chi connectivity index (χ3n) is 3.78. The van der Waals surface area contributed by atoms with Crippen LogP contribution in [-0.4, -0.2) is 70.1 Å². The second kappa shape index (κ2) is 12.3. The van der Waals surface area contributed by atoms with Crippen molar-refractivity contribution in [1.29, 1.82) is 0 Å². The molecule has 8 heteroatoms. The number of hydrogen-bond acceptors (Lipinski definition) is 4. The summed E-state index contributed by atoms with van der Waals surface area (Å²) < 4.78 is 22.4. The van der Waals surface area contributed by atoms with E-state index in [-0.39, 0.29) is 35.8 Å². The van der Waals surface area contributed by atoms with Crippen molar-refractivity contribution < 1.29 is 8.42 Å². The summed E-state index contributed by atoms with van der Waals surface area (Å²) in [4.78, 5) is 7.06. The van der Waals surface area contributed by atoms with Crippen LogP contribution in [0.4, 0.5) is 0 Å². The van der Waals surface area contributed by atoms with Crippen LogP contribution in [0.1, 0.15) is 39.5 Å². The third-order valence-corrected chi connectivity index (χ3v) is 4.76. The van der Waals surface area contributed by atoms with Crippen LogP contribution in [0.3, 0.4) is 0 Å². The lowest BCUT2D eigenvalue weighted by molar-refractivity contribution is 0.235. The fourth-order valence-electron chi connectivity index (χ4n) is 2.50. The van der Waals surface area contributed by atoms with Gasteiger partial charge in [0.2, 0.25) is 0 Å². The van der Waals surface area contributed by atoms with Crippen LogP contribution in [0.2, 0.25) is 0 Å². The molecule has 1 fully saturated rings. The molecule has 1 unspecified atom stereocenters. The lowest BCUT2D eigenvalue weighted by Gasteiger charge is -2.25. The zero-order valence-electron chi connectivity index (χ0n) is 14.7. The Hall–Kier alpha value is -0.0900. The SMILES string of the molecule is CCNC(=NCCN1CCCCC1)NC(C)CCS(C)(=O)=O.I. The summed E-state index contributed by atoms with van der Waals surface area (Å²) >= 11 is 0. The van der Waals surface area contributed by atoms with Gasteiger partial charge in [-0.3, -0.25) is 4.99 Å². The molecule has 0 saturated carbocycles. The lowest BCUT2D eigenvalue weighted by atomic mass is 10.1. The number of nitrogens with one attached hydrogen (secondary N) is 2. The summed E-state index contributed by atoms with van der Waals surface area (Å²) in [6, 6.07) is 0.0857. The molecule has 1 saturated heterocycles. The Bertz CT molecular complexity index is 437. The summed E-state index contributed by atoms with van der Waals surface area (Å²) in [5, 5.41) is 6.50. The van der Waals surface area contributed by atoms with Crippen LogP contribution in [0, 0.1) is 0 Å². The number of halogens is 1. The van der Waals surface area contributed by atoms with Crippen LogP contribution in [0.15, 0.2) is 4.99 Å². The Morgan fingerprint density at radius 3 is 2.48 bits per heavy atom. The predicted octanol–water partition coefficient (Wildman–Crippen LogP) is 1.47. The number of aliphatic imine (C=N–C) groups is 1. The van der Waals surface area contributed by atoms with Gasteiger partial charge in [0.15, 0.2) is 5.96 Å². The first-order valence-corrected chi connectivity index (χ1v) is 10.4. The molecule has 138 valence electrons. The van der Waals surface area contributed by atoms with E-state index in [9.17, 15) is 8.42 Å². The molecule has 0 radical (unpaired) electrons. The van der Waals surface area contributed by atoms with Crippen LogP contribution in [0.5, 0.6) is 0 Å². The Morgan fingerprint density at radius 1 is 1.26 bits per heavy atom. The number of nitrogens with zero attached hydrogens (tertiary/aromatic N) is 2. The minimum Gasteiger partial charge on any atom is -0.357 e. The summed E-state index contributed by atoms with van der Waals surface area (Å²) in [5.74, 6) is 0.981. The molecule has 0 aliphatic carbocycles. The highest BCUT2D eigenvalue weighted by atomic mass is 127. The van der Waals surface area contributed by atoms with Crippen molar-refractivity contribution in [3.63, 3.8) is 0 Å². The van der Waals surface area contributed by atoms with Crippen LogP contribution in [0.25, 0.3) is 0 Å². The number of sulfone groups is 1. The van der Waals surface area contributed by atoms with Gasteiger partial charge >= 0.3 is 0 Å². The van der Waals surface area contributed by atoms with Crippen molar-refractivity contribution in [3.8, 4) is 0 Å².